The zero-order chi connectivity index (χ0) is 15.2. The summed E-state index contributed by atoms with van der Waals surface area (Å²) in [5.41, 5.74) is 0.848. The van der Waals surface area contributed by atoms with E-state index in [1.165, 1.54) is 0 Å². The van der Waals surface area contributed by atoms with E-state index in [2.05, 4.69) is 26.1 Å². The van der Waals surface area contributed by atoms with Crippen LogP contribution in [-0.4, -0.2) is 26.7 Å². The van der Waals surface area contributed by atoms with Gasteiger partial charge in [-0.05, 0) is 30.4 Å². The maximum atomic E-state index is 12.1. The fourth-order valence-corrected chi connectivity index (χ4v) is 1.86. The second kappa shape index (κ2) is 7.17. The van der Waals surface area contributed by atoms with E-state index in [0.29, 0.717) is 29.0 Å². The van der Waals surface area contributed by atoms with Crippen LogP contribution in [0, 0.1) is 5.41 Å². The summed E-state index contributed by atoms with van der Waals surface area (Å²) in [5.74, 6) is 1.13. The zero-order valence-electron chi connectivity index (χ0n) is 13.1. The van der Waals surface area contributed by atoms with E-state index in [9.17, 15) is 4.79 Å². The number of hydrogen-bond donors (Lipinski definition) is 1. The molecule has 0 radical (unpaired) electrons. The summed E-state index contributed by atoms with van der Waals surface area (Å²) in [6.45, 7) is 7.26. The number of benzene rings is 1. The van der Waals surface area contributed by atoms with Crippen molar-refractivity contribution in [3.8, 4) is 11.5 Å². The molecule has 1 amide bonds. The van der Waals surface area contributed by atoms with E-state index in [4.69, 9.17) is 9.47 Å². The lowest BCUT2D eigenvalue weighted by molar-refractivity contribution is 0.0951. The van der Waals surface area contributed by atoms with Gasteiger partial charge in [-0.3, -0.25) is 4.79 Å². The minimum atomic E-state index is -0.101. The van der Waals surface area contributed by atoms with Crippen molar-refractivity contribution in [1.82, 2.24) is 5.32 Å². The lowest BCUT2D eigenvalue weighted by atomic mass is 9.91. The van der Waals surface area contributed by atoms with Gasteiger partial charge in [-0.2, -0.15) is 0 Å². The highest BCUT2D eigenvalue weighted by Crippen LogP contribution is 2.23. The summed E-state index contributed by atoms with van der Waals surface area (Å²) in [4.78, 5) is 12.1. The first-order chi connectivity index (χ1) is 9.35. The van der Waals surface area contributed by atoms with E-state index in [0.717, 1.165) is 12.8 Å². The van der Waals surface area contributed by atoms with Crippen LogP contribution in [0.2, 0.25) is 0 Å². The maximum Gasteiger partial charge on any atom is 0.251 e. The molecule has 0 atom stereocenters. The standard InChI is InChI=1S/C16H25NO3/c1-16(2,3)7-6-8-17-15(18)12-9-13(19-4)11-14(10-12)20-5/h9-11H,6-8H2,1-5H3,(H,17,18). The van der Waals surface area contributed by atoms with E-state index in [1.54, 1.807) is 32.4 Å². The lowest BCUT2D eigenvalue weighted by Gasteiger charge is -2.17. The van der Waals surface area contributed by atoms with Gasteiger partial charge in [0.05, 0.1) is 14.2 Å². The quantitative estimate of drug-likeness (QED) is 0.813. The van der Waals surface area contributed by atoms with Gasteiger partial charge in [-0.1, -0.05) is 20.8 Å². The molecule has 0 saturated carbocycles. The predicted octanol–water partition coefficient (Wildman–Crippen LogP) is 3.26. The SMILES string of the molecule is COc1cc(OC)cc(C(=O)NCCCC(C)(C)C)c1. The predicted molar refractivity (Wildman–Crippen MR) is 80.6 cm³/mol. The highest BCUT2D eigenvalue weighted by atomic mass is 16.5. The molecule has 0 saturated heterocycles. The number of nitrogens with one attached hydrogen (secondary N) is 1. The third kappa shape index (κ3) is 5.51. The molecule has 1 N–H and O–H groups in total. The molecule has 0 heterocycles. The van der Waals surface area contributed by atoms with Crippen molar-refractivity contribution in [3.63, 3.8) is 0 Å². The monoisotopic (exact) mass is 279 g/mol. The van der Waals surface area contributed by atoms with Gasteiger partial charge in [-0.25, -0.2) is 0 Å². The Hall–Kier alpha value is -1.71. The number of amides is 1. The Morgan fingerprint density at radius 2 is 1.65 bits per heavy atom. The van der Waals surface area contributed by atoms with Gasteiger partial charge in [0.1, 0.15) is 11.5 Å². The molecular formula is C16H25NO3. The highest BCUT2D eigenvalue weighted by Gasteiger charge is 2.11. The zero-order valence-corrected chi connectivity index (χ0v) is 13.1. The Labute approximate surface area is 121 Å². The average Bonchev–Trinajstić information content (AvgIpc) is 2.41. The Morgan fingerprint density at radius 3 is 2.10 bits per heavy atom. The average molecular weight is 279 g/mol. The Kier molecular flexibility index (Phi) is 5.86. The molecule has 1 rings (SSSR count). The fourth-order valence-electron chi connectivity index (χ4n) is 1.86. The Balaban J connectivity index is 2.59. The number of ether oxygens (including phenoxy) is 2. The Morgan fingerprint density at radius 1 is 1.10 bits per heavy atom. The van der Waals surface area contributed by atoms with Crippen LogP contribution in [0.25, 0.3) is 0 Å². The molecule has 0 bridgehead atoms. The van der Waals surface area contributed by atoms with Gasteiger partial charge in [0.2, 0.25) is 0 Å². The number of methoxy groups -OCH3 is 2. The highest BCUT2D eigenvalue weighted by molar-refractivity contribution is 5.95. The van der Waals surface area contributed by atoms with Crippen LogP contribution in [-0.2, 0) is 0 Å². The van der Waals surface area contributed by atoms with Crippen molar-refractivity contribution in [3.05, 3.63) is 23.8 Å². The van der Waals surface area contributed by atoms with Gasteiger partial charge in [0.25, 0.3) is 5.91 Å². The summed E-state index contributed by atoms with van der Waals surface area (Å²) in [6, 6.07) is 5.17. The van der Waals surface area contributed by atoms with Crippen molar-refractivity contribution in [1.29, 1.82) is 0 Å². The van der Waals surface area contributed by atoms with Crippen LogP contribution < -0.4 is 14.8 Å². The largest absolute Gasteiger partial charge is 0.497 e. The van der Waals surface area contributed by atoms with Crippen LogP contribution in [0.4, 0.5) is 0 Å². The van der Waals surface area contributed by atoms with Crippen LogP contribution in [0.3, 0.4) is 0 Å². The molecule has 0 fully saturated rings. The van der Waals surface area contributed by atoms with Gasteiger partial charge >= 0.3 is 0 Å². The molecule has 1 aromatic carbocycles. The number of carbonyl (C=O) groups excluding carboxylic acids is 1. The van der Waals surface area contributed by atoms with Crippen molar-refractivity contribution < 1.29 is 14.3 Å². The number of carbonyl (C=O) groups is 1. The molecule has 0 unspecified atom stereocenters. The summed E-state index contributed by atoms with van der Waals surface area (Å²) in [7, 11) is 3.14. The first kappa shape index (κ1) is 16.3. The first-order valence-corrected chi connectivity index (χ1v) is 6.87. The normalized spacial score (nSPS) is 11.1. The smallest absolute Gasteiger partial charge is 0.251 e. The topological polar surface area (TPSA) is 47.6 Å². The van der Waals surface area contributed by atoms with Crippen molar-refractivity contribution in [2.75, 3.05) is 20.8 Å². The van der Waals surface area contributed by atoms with Crippen LogP contribution in [0.15, 0.2) is 18.2 Å². The molecule has 1 aromatic rings. The number of rotatable bonds is 6. The number of hydrogen-bond acceptors (Lipinski definition) is 3. The molecule has 0 aromatic heterocycles. The minimum absolute atomic E-state index is 0.101. The van der Waals surface area contributed by atoms with Crippen molar-refractivity contribution in [2.45, 2.75) is 33.6 Å². The molecule has 112 valence electrons. The molecular weight excluding hydrogens is 254 g/mol. The molecule has 20 heavy (non-hydrogen) atoms. The van der Waals surface area contributed by atoms with Gasteiger partial charge in [0.15, 0.2) is 0 Å². The van der Waals surface area contributed by atoms with E-state index in [-0.39, 0.29) is 5.91 Å². The van der Waals surface area contributed by atoms with Gasteiger partial charge < -0.3 is 14.8 Å². The van der Waals surface area contributed by atoms with Crippen LogP contribution in [0.5, 0.6) is 11.5 Å². The molecule has 0 aliphatic rings. The fraction of sp³-hybridized carbons (Fsp3) is 0.562. The Bertz CT molecular complexity index is 427. The maximum absolute atomic E-state index is 12.1. The van der Waals surface area contributed by atoms with Crippen LogP contribution >= 0.6 is 0 Å². The van der Waals surface area contributed by atoms with E-state index in [1.807, 2.05) is 0 Å². The third-order valence-corrected chi connectivity index (χ3v) is 3.00. The summed E-state index contributed by atoms with van der Waals surface area (Å²) < 4.78 is 10.3. The third-order valence-electron chi connectivity index (χ3n) is 3.00. The first-order valence-electron chi connectivity index (χ1n) is 6.87. The second-order valence-electron chi connectivity index (χ2n) is 6.02. The summed E-state index contributed by atoms with van der Waals surface area (Å²) in [5, 5.41) is 2.92. The molecule has 4 nitrogen and oxygen atoms in total. The van der Waals surface area contributed by atoms with Gasteiger partial charge in [-0.15, -0.1) is 0 Å². The van der Waals surface area contributed by atoms with Crippen molar-refractivity contribution >= 4 is 5.91 Å². The van der Waals surface area contributed by atoms with E-state index < -0.39 is 0 Å². The second-order valence-corrected chi connectivity index (χ2v) is 6.02. The van der Waals surface area contributed by atoms with E-state index >= 15 is 0 Å². The minimum Gasteiger partial charge on any atom is -0.497 e. The molecule has 4 heteroatoms. The molecule has 0 aliphatic heterocycles. The van der Waals surface area contributed by atoms with Crippen molar-refractivity contribution in [2.24, 2.45) is 5.41 Å². The summed E-state index contributed by atoms with van der Waals surface area (Å²) >= 11 is 0. The molecule has 0 spiro atoms. The lowest BCUT2D eigenvalue weighted by Crippen LogP contribution is -2.25. The summed E-state index contributed by atoms with van der Waals surface area (Å²) in [6.07, 6.45) is 2.05. The van der Waals surface area contributed by atoms with Gasteiger partial charge in [0, 0.05) is 18.2 Å². The molecule has 0 aliphatic carbocycles. The van der Waals surface area contributed by atoms with Crippen LogP contribution in [0.1, 0.15) is 44.0 Å².